The molecule has 1 aliphatic rings. The van der Waals surface area contributed by atoms with Crippen molar-refractivity contribution in [3.8, 4) is 0 Å². The first-order chi connectivity index (χ1) is 12.3. The number of amides is 1. The number of non-ortho nitro benzene ring substituents is 1. The third kappa shape index (κ3) is 3.56. The second kappa shape index (κ2) is 6.82. The molecule has 1 fully saturated rings. The van der Waals surface area contributed by atoms with Gasteiger partial charge in [-0.3, -0.25) is 14.9 Å². The highest BCUT2D eigenvalue weighted by molar-refractivity contribution is 6.00. The zero-order valence-electron chi connectivity index (χ0n) is 15.4. The Morgan fingerprint density at radius 3 is 2.54 bits per heavy atom. The first-order valence-corrected chi connectivity index (χ1v) is 8.57. The zero-order valence-corrected chi connectivity index (χ0v) is 15.4. The van der Waals surface area contributed by atoms with Crippen molar-refractivity contribution in [1.29, 1.82) is 0 Å². The van der Waals surface area contributed by atoms with E-state index in [9.17, 15) is 14.9 Å². The van der Waals surface area contributed by atoms with Gasteiger partial charge in [-0.25, -0.2) is 0 Å². The van der Waals surface area contributed by atoms with Crippen molar-refractivity contribution in [2.75, 3.05) is 26.0 Å². The summed E-state index contributed by atoms with van der Waals surface area (Å²) >= 11 is 0. The molecule has 1 amide bonds. The van der Waals surface area contributed by atoms with Crippen LogP contribution in [-0.2, 0) is 6.54 Å². The second-order valence-corrected chi connectivity index (χ2v) is 7.14. The molecule has 1 aliphatic carbocycles. The minimum atomic E-state index is -0.494. The molecule has 2 unspecified atom stereocenters. The molecular formula is C19H23N3O4. The van der Waals surface area contributed by atoms with Crippen LogP contribution >= 0.6 is 0 Å². The fourth-order valence-corrected chi connectivity index (χ4v) is 3.11. The summed E-state index contributed by atoms with van der Waals surface area (Å²) in [6, 6.07) is 8.19. The molecule has 0 radical (unpaired) electrons. The molecule has 1 aromatic heterocycles. The number of carbonyl (C=O) groups is 1. The lowest BCUT2D eigenvalue weighted by molar-refractivity contribution is -0.384. The fourth-order valence-electron chi connectivity index (χ4n) is 3.11. The first kappa shape index (κ1) is 18.0. The Hall–Kier alpha value is -2.83. The number of benzene rings is 1. The Bertz CT molecular complexity index is 843. The monoisotopic (exact) mass is 357 g/mol. The van der Waals surface area contributed by atoms with Gasteiger partial charge in [0.25, 0.3) is 11.6 Å². The number of furan rings is 1. The van der Waals surface area contributed by atoms with E-state index in [1.807, 2.05) is 12.1 Å². The number of hydrogen-bond acceptors (Lipinski definition) is 5. The second-order valence-electron chi connectivity index (χ2n) is 7.14. The van der Waals surface area contributed by atoms with Crippen molar-refractivity contribution in [3.05, 3.63) is 57.5 Å². The number of carbonyl (C=O) groups excluding carboxylic acids is 1. The number of nitrogens with zero attached hydrogens (tertiary/aromatic N) is 3. The molecule has 0 saturated heterocycles. The molecule has 26 heavy (non-hydrogen) atoms. The molecule has 1 saturated carbocycles. The average molecular weight is 357 g/mol. The molecule has 2 atom stereocenters. The number of hydrogen-bond donors (Lipinski definition) is 0. The lowest BCUT2D eigenvalue weighted by atomic mass is 10.1. The summed E-state index contributed by atoms with van der Waals surface area (Å²) in [5.41, 5.74) is 0.837. The fraction of sp³-hybridized carbons (Fsp3) is 0.421. The Morgan fingerprint density at radius 2 is 1.96 bits per heavy atom. The topological polar surface area (TPSA) is 79.8 Å². The van der Waals surface area contributed by atoms with Gasteiger partial charge in [0.05, 0.1) is 17.0 Å². The Morgan fingerprint density at radius 1 is 1.27 bits per heavy atom. The van der Waals surface area contributed by atoms with E-state index in [0.29, 0.717) is 35.4 Å². The quantitative estimate of drug-likeness (QED) is 0.582. The van der Waals surface area contributed by atoms with Gasteiger partial charge in [-0.1, -0.05) is 6.92 Å². The van der Waals surface area contributed by atoms with E-state index >= 15 is 0 Å². The normalized spacial score (nSPS) is 18.5. The van der Waals surface area contributed by atoms with Gasteiger partial charge in [0, 0.05) is 44.9 Å². The van der Waals surface area contributed by atoms with Gasteiger partial charge in [-0.2, -0.15) is 0 Å². The van der Waals surface area contributed by atoms with Crippen LogP contribution in [0.25, 0.3) is 0 Å². The Labute approximate surface area is 152 Å². The van der Waals surface area contributed by atoms with Gasteiger partial charge in [-0.05, 0) is 30.5 Å². The van der Waals surface area contributed by atoms with Crippen LogP contribution in [0.1, 0.15) is 41.1 Å². The van der Waals surface area contributed by atoms with E-state index in [2.05, 4.69) is 6.92 Å². The summed E-state index contributed by atoms with van der Waals surface area (Å²) in [6.45, 7) is 2.50. The van der Waals surface area contributed by atoms with Crippen LogP contribution in [-0.4, -0.2) is 36.9 Å². The minimum Gasteiger partial charge on any atom is -0.464 e. The van der Waals surface area contributed by atoms with Crippen LogP contribution in [0.3, 0.4) is 0 Å². The summed E-state index contributed by atoms with van der Waals surface area (Å²) in [4.78, 5) is 26.8. The summed E-state index contributed by atoms with van der Waals surface area (Å²) in [7, 11) is 5.27. The lowest BCUT2D eigenvalue weighted by Gasteiger charge is -2.21. The third-order valence-corrected chi connectivity index (χ3v) is 4.80. The van der Waals surface area contributed by atoms with Crippen molar-refractivity contribution in [3.63, 3.8) is 0 Å². The Balaban J connectivity index is 1.80. The van der Waals surface area contributed by atoms with Crippen LogP contribution in [0.15, 0.2) is 34.7 Å². The maximum atomic E-state index is 12.9. The molecule has 0 bridgehead atoms. The van der Waals surface area contributed by atoms with E-state index in [-0.39, 0.29) is 11.6 Å². The smallest absolute Gasteiger partial charge is 0.270 e. The zero-order chi connectivity index (χ0) is 19.0. The van der Waals surface area contributed by atoms with E-state index in [1.165, 1.54) is 17.0 Å². The van der Waals surface area contributed by atoms with Crippen molar-refractivity contribution in [2.24, 2.45) is 5.92 Å². The molecular weight excluding hydrogens is 334 g/mol. The third-order valence-electron chi connectivity index (χ3n) is 4.80. The lowest BCUT2D eigenvalue weighted by Crippen LogP contribution is -2.28. The van der Waals surface area contributed by atoms with Crippen molar-refractivity contribution in [1.82, 2.24) is 4.90 Å². The SMILES string of the molecule is CC1CC1c1ccc(CN(C)C(=O)c2cc([N+](=O)[O-])ccc2N(C)C)o1. The first-order valence-electron chi connectivity index (χ1n) is 8.57. The molecule has 7 heteroatoms. The summed E-state index contributed by atoms with van der Waals surface area (Å²) in [5.74, 6) is 2.54. The standard InChI is InChI=1S/C19H23N3O4/c1-12-9-15(12)18-8-6-14(26-18)11-21(4)19(23)16-10-13(22(24)25)5-7-17(16)20(2)3/h5-8,10,12,15H,9,11H2,1-4H3. The van der Waals surface area contributed by atoms with Crippen LogP contribution in [0.5, 0.6) is 0 Å². The highest BCUT2D eigenvalue weighted by atomic mass is 16.6. The number of rotatable bonds is 6. The molecule has 1 aromatic carbocycles. The predicted molar refractivity (Wildman–Crippen MR) is 98.5 cm³/mol. The largest absolute Gasteiger partial charge is 0.464 e. The highest BCUT2D eigenvalue weighted by Crippen LogP contribution is 2.47. The average Bonchev–Trinajstić information content (AvgIpc) is 3.15. The molecule has 2 aromatic rings. The van der Waals surface area contributed by atoms with Crippen LogP contribution in [0.2, 0.25) is 0 Å². The number of nitro groups is 1. The van der Waals surface area contributed by atoms with Gasteiger partial charge in [-0.15, -0.1) is 0 Å². The van der Waals surface area contributed by atoms with Gasteiger partial charge in [0.15, 0.2) is 0 Å². The van der Waals surface area contributed by atoms with Crippen LogP contribution in [0, 0.1) is 16.0 Å². The van der Waals surface area contributed by atoms with Gasteiger partial charge in [0.2, 0.25) is 0 Å². The summed E-state index contributed by atoms with van der Waals surface area (Å²) < 4.78 is 5.86. The van der Waals surface area contributed by atoms with Crippen molar-refractivity contribution in [2.45, 2.75) is 25.8 Å². The van der Waals surface area contributed by atoms with Crippen LogP contribution < -0.4 is 4.90 Å². The van der Waals surface area contributed by atoms with E-state index in [1.54, 1.807) is 32.1 Å². The maximum Gasteiger partial charge on any atom is 0.270 e. The van der Waals surface area contributed by atoms with Gasteiger partial charge >= 0.3 is 0 Å². The van der Waals surface area contributed by atoms with Crippen molar-refractivity contribution >= 4 is 17.3 Å². The summed E-state index contributed by atoms with van der Waals surface area (Å²) in [5, 5.41) is 11.1. The molecule has 3 rings (SSSR count). The number of anilines is 1. The molecule has 0 N–H and O–H groups in total. The van der Waals surface area contributed by atoms with Crippen LogP contribution in [0.4, 0.5) is 11.4 Å². The molecule has 0 aliphatic heterocycles. The van der Waals surface area contributed by atoms with Gasteiger partial charge in [0.1, 0.15) is 11.5 Å². The van der Waals surface area contributed by atoms with E-state index in [0.717, 1.165) is 12.2 Å². The minimum absolute atomic E-state index is 0.102. The Kier molecular flexibility index (Phi) is 4.71. The van der Waals surface area contributed by atoms with E-state index in [4.69, 9.17) is 4.42 Å². The maximum absolute atomic E-state index is 12.9. The molecule has 1 heterocycles. The molecule has 138 valence electrons. The van der Waals surface area contributed by atoms with Crippen molar-refractivity contribution < 1.29 is 14.1 Å². The summed E-state index contributed by atoms with van der Waals surface area (Å²) in [6.07, 6.45) is 1.14. The van der Waals surface area contributed by atoms with E-state index < -0.39 is 4.92 Å². The molecule has 7 nitrogen and oxygen atoms in total. The predicted octanol–water partition coefficient (Wildman–Crippen LogP) is 3.65. The molecule has 0 spiro atoms. The number of nitro benzene ring substituents is 1. The highest BCUT2D eigenvalue weighted by Gasteiger charge is 2.36. The van der Waals surface area contributed by atoms with Gasteiger partial charge < -0.3 is 14.2 Å².